The van der Waals surface area contributed by atoms with Crippen LogP contribution in [0, 0.1) is 0 Å². The molecule has 0 radical (unpaired) electrons. The maximum Gasteiger partial charge on any atom is 0.341 e. The minimum absolute atomic E-state index is 0.335. The fourth-order valence-corrected chi connectivity index (χ4v) is 4.20. The number of carboxylic acids is 1. The molecule has 4 heteroatoms. The molecule has 3 aromatic rings. The van der Waals surface area contributed by atoms with E-state index in [0.29, 0.717) is 17.7 Å². The monoisotopic (exact) mass is 445 g/mol. The second-order valence-corrected chi connectivity index (χ2v) is 8.73. The number of aliphatic carboxylic acids is 1. The summed E-state index contributed by atoms with van der Waals surface area (Å²) in [6.45, 7) is 9.47. The molecule has 1 N–H and O–H groups in total. The van der Waals surface area contributed by atoms with Gasteiger partial charge in [0.05, 0.1) is 0 Å². The minimum Gasteiger partial charge on any atom is -0.482 e. The summed E-state index contributed by atoms with van der Waals surface area (Å²) in [5.41, 5.74) is 6.11. The van der Waals surface area contributed by atoms with Crippen LogP contribution in [0.1, 0.15) is 57.6 Å². The lowest BCUT2D eigenvalue weighted by Crippen LogP contribution is -2.30. The Kier molecular flexibility index (Phi) is 8.53. The molecule has 0 saturated carbocycles. The highest BCUT2D eigenvalue weighted by Crippen LogP contribution is 2.28. The lowest BCUT2D eigenvalue weighted by molar-refractivity contribution is -0.139. The number of nitrogens with zero attached hydrogens (tertiary/aromatic N) is 1. The third-order valence-electron chi connectivity index (χ3n) is 6.13. The van der Waals surface area contributed by atoms with Crippen LogP contribution in [0.2, 0.25) is 0 Å². The molecule has 4 nitrogen and oxygen atoms in total. The summed E-state index contributed by atoms with van der Waals surface area (Å²) < 4.78 is 5.24. The summed E-state index contributed by atoms with van der Waals surface area (Å²) in [4.78, 5) is 13.1. The van der Waals surface area contributed by atoms with Crippen molar-refractivity contribution in [2.75, 3.05) is 11.5 Å². The molecule has 0 heterocycles. The van der Waals surface area contributed by atoms with Crippen LogP contribution in [0.5, 0.6) is 5.75 Å². The van der Waals surface area contributed by atoms with Gasteiger partial charge in [-0.2, -0.15) is 0 Å². The van der Waals surface area contributed by atoms with E-state index in [0.717, 1.165) is 17.7 Å². The van der Waals surface area contributed by atoms with Gasteiger partial charge >= 0.3 is 5.97 Å². The molecule has 33 heavy (non-hydrogen) atoms. The van der Waals surface area contributed by atoms with Gasteiger partial charge in [-0.15, -0.1) is 0 Å². The molecule has 0 spiro atoms. The lowest BCUT2D eigenvalue weighted by atomic mass is 9.94. The summed E-state index contributed by atoms with van der Waals surface area (Å²) in [5.74, 6) is 0.205. The van der Waals surface area contributed by atoms with Gasteiger partial charge in [0.1, 0.15) is 5.75 Å². The van der Waals surface area contributed by atoms with Crippen molar-refractivity contribution in [1.29, 1.82) is 0 Å². The van der Waals surface area contributed by atoms with E-state index in [4.69, 9.17) is 9.84 Å². The smallest absolute Gasteiger partial charge is 0.341 e. The standard InChI is InChI=1S/C29H35NO3/c1-5-23(6-2)24-10-14-27(15-11-24)30(21(3)4)19-22-8-7-9-26(18-22)25-12-16-28(17-13-25)33-20-29(31)32/h7-18,21,23H,5-6,19-20H2,1-4H3,(H,31,32). The number of anilines is 1. The Morgan fingerprint density at radius 3 is 2.15 bits per heavy atom. The molecule has 174 valence electrons. The van der Waals surface area contributed by atoms with E-state index < -0.39 is 5.97 Å². The van der Waals surface area contributed by atoms with Crippen molar-refractivity contribution in [2.24, 2.45) is 0 Å². The highest BCUT2D eigenvalue weighted by atomic mass is 16.5. The van der Waals surface area contributed by atoms with E-state index in [1.807, 2.05) is 24.3 Å². The van der Waals surface area contributed by atoms with Crippen LogP contribution in [0.3, 0.4) is 0 Å². The van der Waals surface area contributed by atoms with Gasteiger partial charge in [0, 0.05) is 18.3 Å². The number of hydrogen-bond acceptors (Lipinski definition) is 3. The topological polar surface area (TPSA) is 49.8 Å². The van der Waals surface area contributed by atoms with Gasteiger partial charge in [-0.3, -0.25) is 0 Å². The number of benzene rings is 3. The number of rotatable bonds is 11. The summed E-state index contributed by atoms with van der Waals surface area (Å²) >= 11 is 0. The Hall–Kier alpha value is -3.27. The average Bonchev–Trinajstić information content (AvgIpc) is 2.83. The normalized spacial score (nSPS) is 11.1. The molecule has 0 aromatic heterocycles. The summed E-state index contributed by atoms with van der Waals surface area (Å²) in [7, 11) is 0. The quantitative estimate of drug-likeness (QED) is 0.341. The van der Waals surface area contributed by atoms with E-state index in [2.05, 4.69) is 81.1 Å². The van der Waals surface area contributed by atoms with Crippen molar-refractivity contribution in [3.8, 4) is 16.9 Å². The zero-order chi connectivity index (χ0) is 23.8. The molecule has 0 fully saturated rings. The molecule has 0 bridgehead atoms. The molecule has 0 saturated heterocycles. The summed E-state index contributed by atoms with van der Waals surface area (Å²) in [5, 5.41) is 8.76. The lowest BCUT2D eigenvalue weighted by Gasteiger charge is -2.30. The van der Waals surface area contributed by atoms with Crippen LogP contribution in [-0.2, 0) is 11.3 Å². The Morgan fingerprint density at radius 2 is 1.58 bits per heavy atom. The highest BCUT2D eigenvalue weighted by Gasteiger charge is 2.14. The Bertz CT molecular complexity index is 1020. The largest absolute Gasteiger partial charge is 0.482 e. The summed E-state index contributed by atoms with van der Waals surface area (Å²) in [6.07, 6.45) is 2.34. The van der Waals surface area contributed by atoms with Gasteiger partial charge in [-0.1, -0.05) is 56.3 Å². The highest BCUT2D eigenvalue weighted by molar-refractivity contribution is 5.69. The van der Waals surface area contributed by atoms with Crippen LogP contribution in [0.4, 0.5) is 5.69 Å². The zero-order valence-electron chi connectivity index (χ0n) is 20.1. The first-order chi connectivity index (χ1) is 15.9. The van der Waals surface area contributed by atoms with Gasteiger partial charge < -0.3 is 14.7 Å². The first kappa shape index (κ1) is 24.4. The van der Waals surface area contributed by atoms with Crippen LogP contribution < -0.4 is 9.64 Å². The predicted molar refractivity (Wildman–Crippen MR) is 136 cm³/mol. The van der Waals surface area contributed by atoms with Gasteiger partial charge in [0.25, 0.3) is 0 Å². The van der Waals surface area contributed by atoms with E-state index in [-0.39, 0.29) is 6.61 Å². The number of carboxylic acid groups (broad SMARTS) is 1. The molecule has 3 rings (SSSR count). The van der Waals surface area contributed by atoms with E-state index in [1.165, 1.54) is 29.7 Å². The first-order valence-electron chi connectivity index (χ1n) is 11.8. The van der Waals surface area contributed by atoms with Crippen molar-refractivity contribution in [1.82, 2.24) is 0 Å². The fraction of sp³-hybridized carbons (Fsp3) is 0.345. The molecule has 0 aliphatic carbocycles. The molecule has 0 aliphatic heterocycles. The Labute approximate surface area is 197 Å². The minimum atomic E-state index is -0.980. The molecule has 0 aliphatic rings. The molecule has 0 amide bonds. The predicted octanol–water partition coefficient (Wildman–Crippen LogP) is 7.14. The molecule has 0 atom stereocenters. The van der Waals surface area contributed by atoms with Crippen molar-refractivity contribution >= 4 is 11.7 Å². The Balaban J connectivity index is 1.76. The number of hydrogen-bond donors (Lipinski definition) is 1. The molecule has 0 unspecified atom stereocenters. The van der Waals surface area contributed by atoms with Crippen molar-refractivity contribution < 1.29 is 14.6 Å². The third kappa shape index (κ3) is 6.61. The first-order valence-corrected chi connectivity index (χ1v) is 11.8. The SMILES string of the molecule is CCC(CC)c1ccc(N(Cc2cccc(-c3ccc(OCC(=O)O)cc3)c2)C(C)C)cc1. The molecule has 3 aromatic carbocycles. The van der Waals surface area contributed by atoms with Gasteiger partial charge in [0.15, 0.2) is 6.61 Å². The van der Waals surface area contributed by atoms with Crippen LogP contribution in [0.25, 0.3) is 11.1 Å². The van der Waals surface area contributed by atoms with Gasteiger partial charge in [0.2, 0.25) is 0 Å². The van der Waals surface area contributed by atoms with Crippen LogP contribution >= 0.6 is 0 Å². The third-order valence-corrected chi connectivity index (χ3v) is 6.13. The van der Waals surface area contributed by atoms with Crippen LogP contribution in [-0.4, -0.2) is 23.7 Å². The number of carbonyl (C=O) groups is 1. The summed E-state index contributed by atoms with van der Waals surface area (Å²) in [6, 6.07) is 25.6. The van der Waals surface area contributed by atoms with Crippen molar-refractivity contribution in [3.63, 3.8) is 0 Å². The molecular formula is C29H35NO3. The zero-order valence-corrected chi connectivity index (χ0v) is 20.1. The average molecular weight is 446 g/mol. The molecular weight excluding hydrogens is 410 g/mol. The maximum atomic E-state index is 10.7. The van der Waals surface area contributed by atoms with Crippen LogP contribution in [0.15, 0.2) is 72.8 Å². The van der Waals surface area contributed by atoms with E-state index in [9.17, 15) is 4.79 Å². The van der Waals surface area contributed by atoms with E-state index in [1.54, 1.807) is 0 Å². The number of ether oxygens (including phenoxy) is 1. The second-order valence-electron chi connectivity index (χ2n) is 8.73. The van der Waals surface area contributed by atoms with Gasteiger partial charge in [-0.05, 0) is 85.2 Å². The fourth-order valence-electron chi connectivity index (χ4n) is 4.20. The van der Waals surface area contributed by atoms with E-state index >= 15 is 0 Å². The second kappa shape index (κ2) is 11.6. The maximum absolute atomic E-state index is 10.7. The Morgan fingerprint density at radius 1 is 0.909 bits per heavy atom. The van der Waals surface area contributed by atoms with Crippen molar-refractivity contribution in [2.45, 2.75) is 59.0 Å². The van der Waals surface area contributed by atoms with Crippen molar-refractivity contribution in [3.05, 3.63) is 83.9 Å². The van der Waals surface area contributed by atoms with Gasteiger partial charge in [-0.25, -0.2) is 4.79 Å².